The molecule has 0 fully saturated rings. The van der Waals surface area contributed by atoms with E-state index in [9.17, 15) is 4.39 Å². The molecule has 0 aliphatic heterocycles. The molecule has 0 saturated carbocycles. The summed E-state index contributed by atoms with van der Waals surface area (Å²) in [5.41, 5.74) is 3.53. The van der Waals surface area contributed by atoms with Gasteiger partial charge >= 0.3 is 0 Å². The summed E-state index contributed by atoms with van der Waals surface area (Å²) in [4.78, 5) is 0. The Morgan fingerprint density at radius 2 is 2.33 bits per heavy atom. The fraction of sp³-hybridized carbons (Fsp3) is 0.333. The third kappa shape index (κ3) is 3.70. The number of hydrazine groups is 1. The highest BCUT2D eigenvalue weighted by molar-refractivity contribution is 5.20. The van der Waals surface area contributed by atoms with Crippen molar-refractivity contribution in [2.75, 3.05) is 0 Å². The second kappa shape index (κ2) is 6.18. The first kappa shape index (κ1) is 11.7. The lowest BCUT2D eigenvalue weighted by molar-refractivity contribution is 0.518. The lowest BCUT2D eigenvalue weighted by atomic mass is 10.0. The van der Waals surface area contributed by atoms with E-state index >= 15 is 0 Å². The average Bonchev–Trinajstić information content (AvgIpc) is 2.24. The van der Waals surface area contributed by atoms with Gasteiger partial charge in [0.05, 0.1) is 0 Å². The van der Waals surface area contributed by atoms with Crippen LogP contribution in [-0.4, -0.2) is 0 Å². The molecule has 0 saturated heterocycles. The third-order valence-corrected chi connectivity index (χ3v) is 2.19. The highest BCUT2D eigenvalue weighted by Gasteiger charge is 2.08. The van der Waals surface area contributed by atoms with Gasteiger partial charge in [-0.05, 0) is 31.0 Å². The Morgan fingerprint density at radius 3 is 2.93 bits per heavy atom. The summed E-state index contributed by atoms with van der Waals surface area (Å²) in [5.74, 6) is 11.0. The van der Waals surface area contributed by atoms with Crippen LogP contribution in [0.5, 0.6) is 0 Å². The number of halogens is 1. The molecule has 0 amide bonds. The molecule has 15 heavy (non-hydrogen) atoms. The topological polar surface area (TPSA) is 38.0 Å². The standard InChI is InChI=1S/C12H15FN2/c1-2-3-4-8-12(15-14)10-6-5-7-11(13)9-10/h5-7,9,12,15H,4,8,14H2,1H3. The molecule has 3 N–H and O–H groups in total. The summed E-state index contributed by atoms with van der Waals surface area (Å²) in [5, 5.41) is 0. The van der Waals surface area contributed by atoms with E-state index < -0.39 is 0 Å². The van der Waals surface area contributed by atoms with Crippen LogP contribution in [0.1, 0.15) is 31.4 Å². The van der Waals surface area contributed by atoms with Gasteiger partial charge in [-0.3, -0.25) is 11.3 Å². The van der Waals surface area contributed by atoms with Crippen LogP contribution in [0.25, 0.3) is 0 Å². The lowest BCUT2D eigenvalue weighted by Crippen LogP contribution is -2.27. The molecular formula is C12H15FN2. The second-order valence-electron chi connectivity index (χ2n) is 3.24. The van der Waals surface area contributed by atoms with E-state index in [1.807, 2.05) is 6.07 Å². The molecule has 0 aromatic heterocycles. The Hall–Kier alpha value is -1.37. The monoisotopic (exact) mass is 206 g/mol. The van der Waals surface area contributed by atoms with Gasteiger partial charge in [0.2, 0.25) is 0 Å². The van der Waals surface area contributed by atoms with E-state index in [-0.39, 0.29) is 11.9 Å². The van der Waals surface area contributed by atoms with Gasteiger partial charge in [0.25, 0.3) is 0 Å². The minimum atomic E-state index is -0.241. The van der Waals surface area contributed by atoms with Crippen LogP contribution in [0.4, 0.5) is 4.39 Å². The van der Waals surface area contributed by atoms with Crippen molar-refractivity contribution in [3.8, 4) is 11.8 Å². The fourth-order valence-corrected chi connectivity index (χ4v) is 1.41. The van der Waals surface area contributed by atoms with Gasteiger partial charge in [-0.15, -0.1) is 11.8 Å². The van der Waals surface area contributed by atoms with Gasteiger partial charge in [0.1, 0.15) is 5.82 Å². The van der Waals surface area contributed by atoms with Crippen molar-refractivity contribution in [3.05, 3.63) is 35.6 Å². The van der Waals surface area contributed by atoms with Gasteiger partial charge in [0.15, 0.2) is 0 Å². The minimum Gasteiger partial charge on any atom is -0.271 e. The number of nitrogens with two attached hydrogens (primary N) is 1. The highest BCUT2D eigenvalue weighted by atomic mass is 19.1. The first-order valence-electron chi connectivity index (χ1n) is 4.89. The quantitative estimate of drug-likeness (QED) is 0.450. The van der Waals surface area contributed by atoms with E-state index in [0.717, 1.165) is 18.4 Å². The highest BCUT2D eigenvalue weighted by Crippen LogP contribution is 2.17. The summed E-state index contributed by atoms with van der Waals surface area (Å²) in [7, 11) is 0. The Labute approximate surface area is 89.6 Å². The Balaban J connectivity index is 2.68. The molecule has 2 nitrogen and oxygen atoms in total. The maximum absolute atomic E-state index is 13.0. The van der Waals surface area contributed by atoms with Crippen LogP contribution in [-0.2, 0) is 0 Å². The number of hydrogen-bond donors (Lipinski definition) is 2. The zero-order valence-electron chi connectivity index (χ0n) is 8.76. The number of hydrogen-bond acceptors (Lipinski definition) is 2. The van der Waals surface area contributed by atoms with E-state index in [2.05, 4.69) is 17.3 Å². The van der Waals surface area contributed by atoms with E-state index in [1.165, 1.54) is 12.1 Å². The minimum absolute atomic E-state index is 0.0402. The largest absolute Gasteiger partial charge is 0.271 e. The summed E-state index contributed by atoms with van der Waals surface area (Å²) < 4.78 is 13.0. The molecule has 1 aromatic carbocycles. The van der Waals surface area contributed by atoms with Crippen LogP contribution >= 0.6 is 0 Å². The Kier molecular flexibility index (Phi) is 4.82. The predicted molar refractivity (Wildman–Crippen MR) is 59.1 cm³/mol. The lowest BCUT2D eigenvalue weighted by Gasteiger charge is -2.14. The molecule has 0 bridgehead atoms. The van der Waals surface area contributed by atoms with Crippen molar-refractivity contribution in [2.24, 2.45) is 5.84 Å². The zero-order valence-corrected chi connectivity index (χ0v) is 8.76. The van der Waals surface area contributed by atoms with Gasteiger partial charge < -0.3 is 0 Å². The summed E-state index contributed by atoms with van der Waals surface area (Å²) in [6.45, 7) is 1.80. The van der Waals surface area contributed by atoms with Crippen molar-refractivity contribution in [2.45, 2.75) is 25.8 Å². The van der Waals surface area contributed by atoms with Gasteiger partial charge in [-0.2, -0.15) is 0 Å². The average molecular weight is 206 g/mol. The SMILES string of the molecule is CC#CCCC(NN)c1cccc(F)c1. The molecule has 1 atom stereocenters. The molecular weight excluding hydrogens is 191 g/mol. The molecule has 1 aromatic rings. The number of nitrogens with one attached hydrogen (secondary N) is 1. The number of benzene rings is 1. The Bertz CT molecular complexity index is 365. The maximum atomic E-state index is 13.0. The molecule has 80 valence electrons. The van der Waals surface area contributed by atoms with Crippen molar-refractivity contribution in [3.63, 3.8) is 0 Å². The first-order valence-corrected chi connectivity index (χ1v) is 4.89. The molecule has 1 unspecified atom stereocenters. The van der Waals surface area contributed by atoms with Crippen molar-refractivity contribution in [1.82, 2.24) is 5.43 Å². The van der Waals surface area contributed by atoms with Gasteiger partial charge in [-0.1, -0.05) is 12.1 Å². The van der Waals surface area contributed by atoms with E-state index in [1.54, 1.807) is 13.0 Å². The normalized spacial score (nSPS) is 11.7. The molecule has 0 aliphatic carbocycles. The smallest absolute Gasteiger partial charge is 0.123 e. The van der Waals surface area contributed by atoms with Crippen LogP contribution in [0.2, 0.25) is 0 Å². The van der Waals surface area contributed by atoms with Gasteiger partial charge in [0, 0.05) is 12.5 Å². The van der Waals surface area contributed by atoms with Crippen molar-refractivity contribution < 1.29 is 4.39 Å². The molecule has 0 spiro atoms. The second-order valence-corrected chi connectivity index (χ2v) is 3.24. The van der Waals surface area contributed by atoms with Crippen LogP contribution in [0.3, 0.4) is 0 Å². The maximum Gasteiger partial charge on any atom is 0.123 e. The fourth-order valence-electron chi connectivity index (χ4n) is 1.41. The number of rotatable bonds is 4. The summed E-state index contributed by atoms with van der Waals surface area (Å²) in [6.07, 6.45) is 1.53. The predicted octanol–water partition coefficient (Wildman–Crippen LogP) is 2.13. The van der Waals surface area contributed by atoms with E-state index in [4.69, 9.17) is 5.84 Å². The molecule has 0 heterocycles. The van der Waals surface area contributed by atoms with Crippen LogP contribution < -0.4 is 11.3 Å². The van der Waals surface area contributed by atoms with Crippen LogP contribution in [0.15, 0.2) is 24.3 Å². The molecule has 1 rings (SSSR count). The van der Waals surface area contributed by atoms with E-state index in [0.29, 0.717) is 0 Å². The Morgan fingerprint density at radius 1 is 1.53 bits per heavy atom. The first-order chi connectivity index (χ1) is 7.27. The summed E-state index contributed by atoms with van der Waals surface area (Å²) in [6, 6.07) is 6.40. The van der Waals surface area contributed by atoms with Crippen LogP contribution in [0, 0.1) is 17.7 Å². The summed E-state index contributed by atoms with van der Waals surface area (Å²) >= 11 is 0. The van der Waals surface area contributed by atoms with Crippen molar-refractivity contribution >= 4 is 0 Å². The molecule has 0 radical (unpaired) electrons. The van der Waals surface area contributed by atoms with Gasteiger partial charge in [-0.25, -0.2) is 4.39 Å². The van der Waals surface area contributed by atoms with Crippen molar-refractivity contribution in [1.29, 1.82) is 0 Å². The molecule has 0 aliphatic rings. The molecule has 3 heteroatoms. The zero-order chi connectivity index (χ0) is 11.1. The third-order valence-electron chi connectivity index (χ3n) is 2.19.